The van der Waals surface area contributed by atoms with Crippen molar-refractivity contribution >= 4 is 23.1 Å². The van der Waals surface area contributed by atoms with E-state index in [1.807, 2.05) is 29.2 Å². The molecular weight excluding hydrogens is 468 g/mol. The van der Waals surface area contributed by atoms with Gasteiger partial charge in [0.25, 0.3) is 5.24 Å². The fourth-order valence-corrected chi connectivity index (χ4v) is 6.17. The number of carbonyl (C=O) groups excluding carboxylic acids is 2. The molecule has 3 heterocycles. The molecule has 192 valence electrons. The molecule has 2 fully saturated rings. The van der Waals surface area contributed by atoms with Crippen LogP contribution in [0.5, 0.6) is 5.75 Å². The minimum atomic E-state index is -1.01. The standard InChI is InChI=1S/C26H36N2O6S/c1-31-21-12-10-19(11-13-21)17-28-23(18-35-25(28)30)26(32-2)16-20-15-22(34-26)9-7-5-3-4-6-8-14-33-24(29)27-20/h3-4,10-13,20,22-23H,5-9,14-18H2,1-2H3,(H,27,29)/b4-3+/t20-,22-,23-,26-/m1/s1. The maximum Gasteiger partial charge on any atom is 0.407 e. The number of nitrogens with zero attached hydrogens (tertiary/aromatic N) is 1. The Hall–Kier alpha value is -2.23. The predicted molar refractivity (Wildman–Crippen MR) is 135 cm³/mol. The van der Waals surface area contributed by atoms with Gasteiger partial charge in [0, 0.05) is 31.9 Å². The summed E-state index contributed by atoms with van der Waals surface area (Å²) in [5.41, 5.74) is 1.00. The molecule has 2 amide bonds. The maximum atomic E-state index is 12.9. The molecule has 9 heteroatoms. The Morgan fingerprint density at radius 2 is 1.91 bits per heavy atom. The number of hydrogen-bond donors (Lipinski definition) is 1. The second-order valence-electron chi connectivity index (χ2n) is 9.29. The van der Waals surface area contributed by atoms with Gasteiger partial charge in [0.15, 0.2) is 5.79 Å². The number of nitrogens with one attached hydrogen (secondary N) is 1. The van der Waals surface area contributed by atoms with Gasteiger partial charge < -0.3 is 29.2 Å². The van der Waals surface area contributed by atoms with Crippen LogP contribution in [0.4, 0.5) is 9.59 Å². The summed E-state index contributed by atoms with van der Waals surface area (Å²) in [6.45, 7) is 0.839. The van der Waals surface area contributed by atoms with E-state index in [0.29, 0.717) is 31.7 Å². The molecule has 0 spiro atoms. The summed E-state index contributed by atoms with van der Waals surface area (Å²) in [6, 6.07) is 7.28. The van der Waals surface area contributed by atoms with E-state index in [9.17, 15) is 9.59 Å². The Kier molecular flexibility index (Phi) is 8.97. The van der Waals surface area contributed by atoms with Crippen LogP contribution in [0.2, 0.25) is 0 Å². The number of rotatable bonds is 5. The summed E-state index contributed by atoms with van der Waals surface area (Å²) >= 11 is 1.29. The number of hydrogen-bond acceptors (Lipinski definition) is 7. The number of cyclic esters (lactones) is 1. The fourth-order valence-electron chi connectivity index (χ4n) is 5.08. The van der Waals surface area contributed by atoms with Gasteiger partial charge in [0.2, 0.25) is 0 Å². The summed E-state index contributed by atoms with van der Waals surface area (Å²) in [5.74, 6) is 0.323. The lowest BCUT2D eigenvalue weighted by Crippen LogP contribution is -2.62. The molecule has 35 heavy (non-hydrogen) atoms. The molecule has 8 nitrogen and oxygen atoms in total. The van der Waals surface area contributed by atoms with Gasteiger partial charge in [-0.05, 0) is 56.2 Å². The van der Waals surface area contributed by atoms with E-state index in [1.165, 1.54) is 11.8 Å². The van der Waals surface area contributed by atoms with Gasteiger partial charge in [0.05, 0.1) is 25.9 Å². The normalized spacial score (nSPS) is 31.3. The Morgan fingerprint density at radius 3 is 2.66 bits per heavy atom. The molecule has 0 saturated carbocycles. The van der Waals surface area contributed by atoms with Crippen LogP contribution in [0.15, 0.2) is 36.4 Å². The highest BCUT2D eigenvalue weighted by molar-refractivity contribution is 8.13. The number of methoxy groups -OCH3 is 2. The van der Waals surface area contributed by atoms with Crippen molar-refractivity contribution in [1.29, 1.82) is 0 Å². The van der Waals surface area contributed by atoms with Crippen LogP contribution in [-0.4, -0.2) is 66.8 Å². The lowest BCUT2D eigenvalue weighted by atomic mass is 9.89. The second-order valence-corrected chi connectivity index (χ2v) is 10.3. The molecule has 4 rings (SSSR count). The molecule has 2 saturated heterocycles. The van der Waals surface area contributed by atoms with Crippen LogP contribution in [-0.2, 0) is 20.8 Å². The Morgan fingerprint density at radius 1 is 1.14 bits per heavy atom. The second kappa shape index (κ2) is 12.1. The summed E-state index contributed by atoms with van der Waals surface area (Å²) in [7, 11) is 3.27. The van der Waals surface area contributed by atoms with E-state index in [0.717, 1.165) is 43.4 Å². The van der Waals surface area contributed by atoms with Crippen LogP contribution < -0.4 is 10.1 Å². The SMILES string of the molecule is COc1ccc(CN2C(=O)SC[C@@H]2[C@@]2(OC)C[C@H]3C[C@@H](CCC/C=C/CCCOC(=O)N3)O2)cc1. The van der Waals surface area contributed by atoms with Crippen LogP contribution in [0.1, 0.15) is 50.5 Å². The Labute approximate surface area is 211 Å². The summed E-state index contributed by atoms with van der Waals surface area (Å²) in [6.07, 6.45) is 9.53. The molecule has 1 N–H and O–H groups in total. The highest BCUT2D eigenvalue weighted by Crippen LogP contribution is 2.42. The molecule has 3 aliphatic heterocycles. The number of allylic oxidation sites excluding steroid dienone is 2. The minimum Gasteiger partial charge on any atom is -0.497 e. The fraction of sp³-hybridized carbons (Fsp3) is 0.615. The number of benzene rings is 1. The molecule has 1 aromatic rings. The highest BCUT2D eigenvalue weighted by atomic mass is 32.2. The van der Waals surface area contributed by atoms with E-state index in [-0.39, 0.29) is 23.4 Å². The van der Waals surface area contributed by atoms with Crippen LogP contribution >= 0.6 is 11.8 Å². The van der Waals surface area contributed by atoms with Gasteiger partial charge in [-0.3, -0.25) is 4.79 Å². The van der Waals surface area contributed by atoms with Crippen molar-refractivity contribution in [3.05, 3.63) is 42.0 Å². The molecule has 1 aromatic carbocycles. The summed E-state index contributed by atoms with van der Waals surface area (Å²) < 4.78 is 23.4. The number of carbonyl (C=O) groups is 2. The summed E-state index contributed by atoms with van der Waals surface area (Å²) in [5, 5.41) is 3.04. The van der Waals surface area contributed by atoms with E-state index < -0.39 is 11.9 Å². The highest BCUT2D eigenvalue weighted by Gasteiger charge is 2.53. The molecule has 4 atom stereocenters. The molecule has 0 radical (unpaired) electrons. The Balaban J connectivity index is 1.55. The van der Waals surface area contributed by atoms with E-state index >= 15 is 0 Å². The molecular formula is C26H36N2O6S. The van der Waals surface area contributed by atoms with Crippen LogP contribution in [0.3, 0.4) is 0 Å². The first-order chi connectivity index (χ1) is 17.0. The molecule has 0 unspecified atom stereocenters. The van der Waals surface area contributed by atoms with Gasteiger partial charge in [0.1, 0.15) is 5.75 Å². The van der Waals surface area contributed by atoms with Gasteiger partial charge in [-0.25, -0.2) is 4.79 Å². The maximum absolute atomic E-state index is 12.9. The lowest BCUT2D eigenvalue weighted by molar-refractivity contribution is -0.294. The van der Waals surface area contributed by atoms with Crippen molar-refractivity contribution in [3.63, 3.8) is 0 Å². The zero-order valence-corrected chi connectivity index (χ0v) is 21.4. The van der Waals surface area contributed by atoms with Crippen LogP contribution in [0, 0.1) is 0 Å². The van der Waals surface area contributed by atoms with E-state index in [4.69, 9.17) is 18.9 Å². The molecule has 0 aromatic heterocycles. The zero-order valence-electron chi connectivity index (χ0n) is 20.6. The third kappa shape index (κ3) is 6.51. The van der Waals surface area contributed by atoms with Gasteiger partial charge in [-0.2, -0.15) is 0 Å². The predicted octanol–water partition coefficient (Wildman–Crippen LogP) is 4.87. The number of ether oxygens (including phenoxy) is 4. The van der Waals surface area contributed by atoms with Crippen molar-refractivity contribution in [3.8, 4) is 5.75 Å². The monoisotopic (exact) mass is 504 g/mol. The van der Waals surface area contributed by atoms with Gasteiger partial charge in [-0.1, -0.05) is 36.0 Å². The molecule has 2 bridgehead atoms. The first-order valence-electron chi connectivity index (χ1n) is 12.4. The quantitative estimate of drug-likeness (QED) is 0.573. The summed E-state index contributed by atoms with van der Waals surface area (Å²) in [4.78, 5) is 27.3. The topological polar surface area (TPSA) is 86.3 Å². The van der Waals surface area contributed by atoms with Crippen molar-refractivity contribution < 1.29 is 28.5 Å². The average molecular weight is 505 g/mol. The molecule has 3 aliphatic rings. The lowest BCUT2D eigenvalue weighted by Gasteiger charge is -2.48. The van der Waals surface area contributed by atoms with Crippen LogP contribution in [0.25, 0.3) is 0 Å². The minimum absolute atomic E-state index is 0.00386. The number of alkyl carbamates (subject to hydrolysis) is 1. The first kappa shape index (κ1) is 25.9. The number of fused-ring (bicyclic) bond motifs is 2. The van der Waals surface area contributed by atoms with Crippen molar-refractivity contribution in [2.45, 2.75) is 75.5 Å². The van der Waals surface area contributed by atoms with E-state index in [1.54, 1.807) is 14.2 Å². The average Bonchev–Trinajstić information content (AvgIpc) is 3.23. The van der Waals surface area contributed by atoms with Crippen molar-refractivity contribution in [1.82, 2.24) is 10.2 Å². The van der Waals surface area contributed by atoms with Gasteiger partial charge >= 0.3 is 6.09 Å². The smallest absolute Gasteiger partial charge is 0.407 e. The number of amides is 2. The molecule has 0 aliphatic carbocycles. The zero-order chi connectivity index (χ0) is 24.7. The third-order valence-corrected chi connectivity index (χ3v) is 7.88. The van der Waals surface area contributed by atoms with Gasteiger partial charge in [-0.15, -0.1) is 0 Å². The van der Waals surface area contributed by atoms with E-state index in [2.05, 4.69) is 17.5 Å². The van der Waals surface area contributed by atoms with Crippen molar-refractivity contribution in [2.75, 3.05) is 26.6 Å². The third-order valence-electron chi connectivity index (χ3n) is 6.92. The first-order valence-corrected chi connectivity index (χ1v) is 13.4. The Bertz CT molecular complexity index is 894. The number of thioether (sulfide) groups is 1. The largest absolute Gasteiger partial charge is 0.497 e. The van der Waals surface area contributed by atoms with Crippen molar-refractivity contribution in [2.24, 2.45) is 0 Å².